The number of benzene rings is 2. The van der Waals surface area contributed by atoms with Crippen molar-refractivity contribution >= 4 is 23.0 Å². The van der Waals surface area contributed by atoms with Gasteiger partial charge in [-0.1, -0.05) is 42.0 Å². The van der Waals surface area contributed by atoms with Crippen molar-refractivity contribution in [1.29, 1.82) is 0 Å². The Kier molecular flexibility index (Phi) is 4.74. The number of hydrogen-bond acceptors (Lipinski definition) is 1. The minimum atomic E-state index is 0.652. The molecule has 0 atom stereocenters. The van der Waals surface area contributed by atoms with Crippen LogP contribution in [0.25, 0.3) is 0 Å². The number of anilines is 1. The van der Waals surface area contributed by atoms with E-state index in [0.29, 0.717) is 5.11 Å². The highest BCUT2D eigenvalue weighted by Gasteiger charge is 2.01. The summed E-state index contributed by atoms with van der Waals surface area (Å²) in [5.41, 5.74) is 5.96. The molecule has 2 aromatic rings. The highest BCUT2D eigenvalue weighted by molar-refractivity contribution is 7.80. The summed E-state index contributed by atoms with van der Waals surface area (Å²) in [6.07, 6.45) is 0. The van der Waals surface area contributed by atoms with E-state index in [1.807, 2.05) is 0 Å². The van der Waals surface area contributed by atoms with Gasteiger partial charge in [-0.05, 0) is 55.7 Å². The van der Waals surface area contributed by atoms with Crippen molar-refractivity contribution < 1.29 is 0 Å². The highest BCUT2D eigenvalue weighted by atomic mass is 32.1. The van der Waals surface area contributed by atoms with Crippen molar-refractivity contribution in [2.75, 3.05) is 5.32 Å². The van der Waals surface area contributed by atoms with Crippen LogP contribution in [0.5, 0.6) is 0 Å². The van der Waals surface area contributed by atoms with Gasteiger partial charge in [-0.15, -0.1) is 0 Å². The van der Waals surface area contributed by atoms with E-state index in [4.69, 9.17) is 12.2 Å². The first-order valence-electron chi connectivity index (χ1n) is 6.72. The second kappa shape index (κ2) is 6.53. The van der Waals surface area contributed by atoms with E-state index in [-0.39, 0.29) is 0 Å². The summed E-state index contributed by atoms with van der Waals surface area (Å²) in [6.45, 7) is 6.97. The Morgan fingerprint density at radius 1 is 0.950 bits per heavy atom. The molecule has 0 spiro atoms. The molecule has 0 unspecified atom stereocenters. The van der Waals surface area contributed by atoms with Gasteiger partial charge >= 0.3 is 0 Å². The van der Waals surface area contributed by atoms with Crippen LogP contribution in [0.2, 0.25) is 0 Å². The molecule has 3 heteroatoms. The molecule has 0 aliphatic rings. The maximum absolute atomic E-state index is 5.34. The molecular formula is C17H20N2S. The molecule has 2 rings (SSSR count). The van der Waals surface area contributed by atoms with Crippen LogP contribution >= 0.6 is 12.2 Å². The quantitative estimate of drug-likeness (QED) is 0.830. The van der Waals surface area contributed by atoms with Gasteiger partial charge in [0.25, 0.3) is 0 Å². The fraction of sp³-hybridized carbons (Fsp3) is 0.235. The molecule has 2 N–H and O–H groups in total. The Bertz CT molecular complexity index is 603. The Labute approximate surface area is 126 Å². The van der Waals surface area contributed by atoms with Gasteiger partial charge < -0.3 is 10.6 Å². The second-order valence-electron chi connectivity index (χ2n) is 5.11. The smallest absolute Gasteiger partial charge is 0.171 e. The first-order chi connectivity index (χ1) is 9.54. The van der Waals surface area contributed by atoms with Crippen LogP contribution in [-0.4, -0.2) is 5.11 Å². The summed E-state index contributed by atoms with van der Waals surface area (Å²) in [6, 6.07) is 14.8. The SMILES string of the molecule is Cc1ccc(CNC(=S)Nc2cc(C)ccc2C)cc1. The van der Waals surface area contributed by atoms with Crippen LogP contribution in [0.4, 0.5) is 5.69 Å². The molecule has 0 aromatic heterocycles. The number of rotatable bonds is 3. The minimum Gasteiger partial charge on any atom is -0.358 e. The summed E-state index contributed by atoms with van der Waals surface area (Å²) >= 11 is 5.34. The molecule has 2 aromatic carbocycles. The van der Waals surface area contributed by atoms with Gasteiger partial charge in [-0.3, -0.25) is 0 Å². The van der Waals surface area contributed by atoms with Crippen LogP contribution < -0.4 is 10.6 Å². The Morgan fingerprint density at radius 3 is 2.30 bits per heavy atom. The van der Waals surface area contributed by atoms with Gasteiger partial charge in [0, 0.05) is 12.2 Å². The first kappa shape index (κ1) is 14.5. The van der Waals surface area contributed by atoms with Crippen molar-refractivity contribution in [3.05, 3.63) is 64.7 Å². The molecule has 0 aliphatic carbocycles. The fourth-order valence-electron chi connectivity index (χ4n) is 1.93. The maximum atomic E-state index is 5.34. The largest absolute Gasteiger partial charge is 0.358 e. The summed E-state index contributed by atoms with van der Waals surface area (Å²) in [7, 11) is 0. The van der Waals surface area contributed by atoms with Crippen molar-refractivity contribution in [1.82, 2.24) is 5.32 Å². The van der Waals surface area contributed by atoms with Gasteiger partial charge in [-0.2, -0.15) is 0 Å². The molecule has 20 heavy (non-hydrogen) atoms. The Morgan fingerprint density at radius 2 is 1.60 bits per heavy atom. The van der Waals surface area contributed by atoms with Crippen LogP contribution in [0.15, 0.2) is 42.5 Å². The van der Waals surface area contributed by atoms with E-state index in [2.05, 4.69) is 73.9 Å². The molecular weight excluding hydrogens is 264 g/mol. The molecule has 0 aliphatic heterocycles. The predicted molar refractivity (Wildman–Crippen MR) is 90.2 cm³/mol. The van der Waals surface area contributed by atoms with Gasteiger partial charge in [0.15, 0.2) is 5.11 Å². The first-order valence-corrected chi connectivity index (χ1v) is 7.13. The molecule has 0 fully saturated rings. The van der Waals surface area contributed by atoms with E-state index in [1.165, 1.54) is 22.3 Å². The predicted octanol–water partition coefficient (Wildman–Crippen LogP) is 4.10. The maximum Gasteiger partial charge on any atom is 0.171 e. The lowest BCUT2D eigenvalue weighted by molar-refractivity contribution is 0.925. The summed E-state index contributed by atoms with van der Waals surface area (Å²) in [5.74, 6) is 0. The van der Waals surface area contributed by atoms with Crippen molar-refractivity contribution in [3.8, 4) is 0 Å². The average molecular weight is 284 g/mol. The lowest BCUT2D eigenvalue weighted by Crippen LogP contribution is -2.28. The van der Waals surface area contributed by atoms with Gasteiger partial charge in [0.2, 0.25) is 0 Å². The third-order valence-corrected chi connectivity index (χ3v) is 3.46. The number of aryl methyl sites for hydroxylation is 3. The van der Waals surface area contributed by atoms with E-state index < -0.39 is 0 Å². The zero-order valence-electron chi connectivity index (χ0n) is 12.2. The summed E-state index contributed by atoms with van der Waals surface area (Å²) < 4.78 is 0. The molecule has 0 saturated heterocycles. The number of thiocarbonyl (C=S) groups is 1. The lowest BCUT2D eigenvalue weighted by atomic mass is 10.1. The molecule has 0 bridgehead atoms. The second-order valence-corrected chi connectivity index (χ2v) is 5.52. The molecule has 0 heterocycles. The van der Waals surface area contributed by atoms with Gasteiger partial charge in [-0.25, -0.2) is 0 Å². The monoisotopic (exact) mass is 284 g/mol. The van der Waals surface area contributed by atoms with Crippen LogP contribution in [0.3, 0.4) is 0 Å². The standard InChI is InChI=1S/C17H20N2S/c1-12-5-8-15(9-6-12)11-18-17(20)19-16-10-13(2)4-7-14(16)3/h4-10H,11H2,1-3H3,(H2,18,19,20). The van der Waals surface area contributed by atoms with E-state index in [0.717, 1.165) is 12.2 Å². The minimum absolute atomic E-state index is 0.652. The third kappa shape index (κ3) is 4.07. The molecule has 104 valence electrons. The summed E-state index contributed by atoms with van der Waals surface area (Å²) in [4.78, 5) is 0. The summed E-state index contributed by atoms with van der Waals surface area (Å²) in [5, 5.41) is 7.14. The topological polar surface area (TPSA) is 24.1 Å². The Hall–Kier alpha value is -1.87. The molecule has 2 nitrogen and oxygen atoms in total. The number of hydrogen-bond donors (Lipinski definition) is 2. The highest BCUT2D eigenvalue weighted by Crippen LogP contribution is 2.16. The van der Waals surface area contributed by atoms with E-state index in [9.17, 15) is 0 Å². The van der Waals surface area contributed by atoms with E-state index in [1.54, 1.807) is 0 Å². The average Bonchev–Trinajstić information content (AvgIpc) is 2.42. The number of nitrogens with one attached hydrogen (secondary N) is 2. The lowest BCUT2D eigenvalue weighted by Gasteiger charge is -2.13. The Balaban J connectivity index is 1.92. The zero-order chi connectivity index (χ0) is 14.5. The molecule has 0 amide bonds. The van der Waals surface area contributed by atoms with Crippen LogP contribution in [-0.2, 0) is 6.54 Å². The third-order valence-electron chi connectivity index (χ3n) is 3.21. The zero-order valence-corrected chi connectivity index (χ0v) is 13.0. The fourth-order valence-corrected chi connectivity index (χ4v) is 2.11. The normalized spacial score (nSPS) is 10.2. The molecule has 0 radical (unpaired) electrons. The van der Waals surface area contributed by atoms with Crippen molar-refractivity contribution in [3.63, 3.8) is 0 Å². The molecule has 0 saturated carbocycles. The van der Waals surface area contributed by atoms with Crippen molar-refractivity contribution in [2.24, 2.45) is 0 Å². The van der Waals surface area contributed by atoms with Crippen LogP contribution in [0.1, 0.15) is 22.3 Å². The van der Waals surface area contributed by atoms with Crippen LogP contribution in [0, 0.1) is 20.8 Å². The van der Waals surface area contributed by atoms with Crippen molar-refractivity contribution in [2.45, 2.75) is 27.3 Å². The van der Waals surface area contributed by atoms with Gasteiger partial charge in [0.05, 0.1) is 0 Å². The van der Waals surface area contributed by atoms with Gasteiger partial charge in [0.1, 0.15) is 0 Å². The van der Waals surface area contributed by atoms with E-state index >= 15 is 0 Å².